The molecule has 0 unspecified atom stereocenters. The van der Waals surface area contributed by atoms with Gasteiger partial charge in [0, 0.05) is 17.1 Å². The topological polar surface area (TPSA) is 104 Å². The van der Waals surface area contributed by atoms with E-state index in [2.05, 4.69) is 4.52 Å². The SMILES string of the molecule is O=C(O)OP(=O)(O)O.[Fe].[H-].[Na+]. The molecule has 6 nitrogen and oxygen atoms in total. The van der Waals surface area contributed by atoms with Crippen molar-refractivity contribution in [2.45, 2.75) is 0 Å². The molecule has 0 aliphatic carbocycles. The summed E-state index contributed by atoms with van der Waals surface area (Å²) in [7, 11) is -4.82. The molecule has 9 heteroatoms. The fourth-order valence-corrected chi connectivity index (χ4v) is 0.305. The number of phosphoric acid groups is 1. The summed E-state index contributed by atoms with van der Waals surface area (Å²) in [6, 6.07) is 0. The normalized spacial score (nSPS) is 8.60. The van der Waals surface area contributed by atoms with E-state index in [1.54, 1.807) is 0 Å². The van der Waals surface area contributed by atoms with E-state index in [0.717, 1.165) is 0 Å². The van der Waals surface area contributed by atoms with Crippen LogP contribution >= 0.6 is 7.82 Å². The Morgan fingerprint density at radius 3 is 1.80 bits per heavy atom. The van der Waals surface area contributed by atoms with Crippen molar-refractivity contribution in [3.05, 3.63) is 0 Å². The second-order valence-electron chi connectivity index (χ2n) is 0.848. The van der Waals surface area contributed by atoms with E-state index < -0.39 is 14.0 Å². The van der Waals surface area contributed by atoms with Crippen LogP contribution in [0.1, 0.15) is 1.43 Å². The zero-order valence-electron chi connectivity index (χ0n) is 5.87. The average molecular weight is 222 g/mol. The molecule has 0 aromatic carbocycles. The maximum absolute atomic E-state index is 9.53. The van der Waals surface area contributed by atoms with Crippen LogP contribution in [0.5, 0.6) is 0 Å². The van der Waals surface area contributed by atoms with Crippen LogP contribution < -0.4 is 29.6 Å². The molecule has 0 fully saturated rings. The molecular formula is CH4FeNaO6P. The fraction of sp³-hybridized carbons (Fsp3) is 0. The summed E-state index contributed by atoms with van der Waals surface area (Å²) in [6.07, 6.45) is -1.99. The molecule has 0 aliphatic heterocycles. The number of hydrogen-bond donors (Lipinski definition) is 3. The van der Waals surface area contributed by atoms with Crippen molar-refractivity contribution in [1.29, 1.82) is 0 Å². The predicted octanol–water partition coefficient (Wildman–Crippen LogP) is -3.11. The van der Waals surface area contributed by atoms with Gasteiger partial charge in [-0.2, -0.15) is 0 Å². The minimum atomic E-state index is -4.82. The van der Waals surface area contributed by atoms with E-state index in [4.69, 9.17) is 14.9 Å². The van der Waals surface area contributed by atoms with Crippen LogP contribution in [0.15, 0.2) is 0 Å². The summed E-state index contributed by atoms with van der Waals surface area (Å²) in [6.45, 7) is 0. The van der Waals surface area contributed by atoms with E-state index in [1.165, 1.54) is 0 Å². The van der Waals surface area contributed by atoms with Crippen LogP contribution in [0, 0.1) is 0 Å². The van der Waals surface area contributed by atoms with Crippen LogP contribution in [0.4, 0.5) is 4.79 Å². The molecule has 0 saturated heterocycles. The van der Waals surface area contributed by atoms with Crippen molar-refractivity contribution in [1.82, 2.24) is 0 Å². The monoisotopic (exact) mass is 222 g/mol. The molecular weight excluding hydrogens is 218 g/mol. The predicted molar refractivity (Wildman–Crippen MR) is 22.3 cm³/mol. The zero-order valence-corrected chi connectivity index (χ0v) is 8.87. The maximum Gasteiger partial charge on any atom is 1.00 e. The molecule has 0 spiro atoms. The number of carbonyl (C=O) groups is 1. The van der Waals surface area contributed by atoms with Gasteiger partial charge in [0.25, 0.3) is 0 Å². The third-order valence-electron chi connectivity index (χ3n) is 0.197. The Morgan fingerprint density at radius 1 is 1.50 bits per heavy atom. The van der Waals surface area contributed by atoms with Crippen LogP contribution in [0.2, 0.25) is 0 Å². The second kappa shape index (κ2) is 6.64. The van der Waals surface area contributed by atoms with Crippen LogP contribution in [0.3, 0.4) is 0 Å². The van der Waals surface area contributed by atoms with Gasteiger partial charge in [-0.15, -0.1) is 0 Å². The van der Waals surface area contributed by atoms with Crippen LogP contribution in [-0.4, -0.2) is 21.0 Å². The molecule has 0 radical (unpaired) electrons. The van der Waals surface area contributed by atoms with Gasteiger partial charge in [-0.1, -0.05) is 0 Å². The van der Waals surface area contributed by atoms with Gasteiger partial charge in [-0.05, 0) is 0 Å². The minimum absolute atomic E-state index is 0. The average Bonchev–Trinajstić information content (AvgIpc) is 1.21. The second-order valence-corrected chi connectivity index (χ2v) is 2.01. The third-order valence-corrected chi connectivity index (χ3v) is 0.591. The number of phosphoric ester groups is 1. The minimum Gasteiger partial charge on any atom is -1.00 e. The first-order valence-electron chi connectivity index (χ1n) is 1.40. The molecule has 3 N–H and O–H groups in total. The number of hydrogen-bond acceptors (Lipinski definition) is 3. The molecule has 58 valence electrons. The molecule has 0 heterocycles. The van der Waals surface area contributed by atoms with Gasteiger partial charge in [-0.3, -0.25) is 9.79 Å². The molecule has 0 aromatic heterocycles. The Kier molecular flexibility index (Phi) is 11.4. The molecule has 0 bridgehead atoms. The van der Waals surface area contributed by atoms with Gasteiger partial charge >= 0.3 is 43.5 Å². The smallest absolute Gasteiger partial charge is 1.00 e. The molecule has 0 aliphatic rings. The standard InChI is InChI=1S/CH3O6P.Fe.Na.H/c2-1(3)7-8(4,5)6;;;/h(H,2,3)(H2,4,5,6);;;/q;;+1;-1. The molecule has 0 atom stereocenters. The quantitative estimate of drug-likeness (QED) is 0.320. The van der Waals surface area contributed by atoms with Gasteiger partial charge in [-0.25, -0.2) is 9.36 Å². The summed E-state index contributed by atoms with van der Waals surface area (Å²) in [5.74, 6) is 0. The van der Waals surface area contributed by atoms with Gasteiger partial charge in [0.1, 0.15) is 0 Å². The largest absolute Gasteiger partial charge is 1.00 e. The van der Waals surface area contributed by atoms with Crippen molar-refractivity contribution in [3.8, 4) is 0 Å². The summed E-state index contributed by atoms with van der Waals surface area (Å²) >= 11 is 0. The Hall–Kier alpha value is 0.939. The Morgan fingerprint density at radius 2 is 1.80 bits per heavy atom. The van der Waals surface area contributed by atoms with Crippen molar-refractivity contribution in [3.63, 3.8) is 0 Å². The van der Waals surface area contributed by atoms with Gasteiger partial charge in [0.2, 0.25) is 0 Å². The van der Waals surface area contributed by atoms with Crippen molar-refractivity contribution in [2.24, 2.45) is 0 Å². The van der Waals surface area contributed by atoms with E-state index >= 15 is 0 Å². The Bertz CT molecular complexity index is 146. The van der Waals surface area contributed by atoms with Gasteiger partial charge < -0.3 is 11.1 Å². The zero-order chi connectivity index (χ0) is 6.78. The maximum atomic E-state index is 9.53. The molecule has 10 heavy (non-hydrogen) atoms. The first-order valence-corrected chi connectivity index (χ1v) is 2.93. The van der Waals surface area contributed by atoms with E-state index in [0.29, 0.717) is 0 Å². The van der Waals surface area contributed by atoms with E-state index in [-0.39, 0.29) is 48.1 Å². The molecule has 0 rings (SSSR count). The first kappa shape index (κ1) is 17.1. The summed E-state index contributed by atoms with van der Waals surface area (Å²) in [4.78, 5) is 24.7. The molecule has 0 amide bonds. The van der Waals surface area contributed by atoms with Gasteiger partial charge in [0.15, 0.2) is 0 Å². The summed E-state index contributed by atoms with van der Waals surface area (Å²) in [5.41, 5.74) is 0. The van der Waals surface area contributed by atoms with Gasteiger partial charge in [0.05, 0.1) is 0 Å². The number of carboxylic acid groups (broad SMARTS) is 1. The Labute approximate surface area is 90.4 Å². The van der Waals surface area contributed by atoms with Crippen molar-refractivity contribution in [2.75, 3.05) is 0 Å². The Balaban J connectivity index is -0.0000000817. The van der Waals surface area contributed by atoms with Crippen LogP contribution in [-0.2, 0) is 26.2 Å². The number of rotatable bonds is 1. The van der Waals surface area contributed by atoms with E-state index in [1.807, 2.05) is 0 Å². The third kappa shape index (κ3) is 16.0. The van der Waals surface area contributed by atoms with Crippen LogP contribution in [0.25, 0.3) is 0 Å². The van der Waals surface area contributed by atoms with Crippen molar-refractivity contribution >= 4 is 14.0 Å². The molecule has 0 saturated carbocycles. The van der Waals surface area contributed by atoms with Crippen molar-refractivity contribution < 1.29 is 76.8 Å². The molecule has 0 aromatic rings. The van der Waals surface area contributed by atoms with E-state index in [9.17, 15) is 9.36 Å². The summed E-state index contributed by atoms with van der Waals surface area (Å²) < 4.78 is 12.6. The summed E-state index contributed by atoms with van der Waals surface area (Å²) in [5, 5.41) is 7.53. The fourth-order valence-electron chi connectivity index (χ4n) is 0.102. The first-order chi connectivity index (χ1) is 3.42.